The van der Waals surface area contributed by atoms with Crippen molar-refractivity contribution in [2.24, 2.45) is 0 Å². The van der Waals surface area contributed by atoms with Gasteiger partial charge < -0.3 is 19.9 Å². The van der Waals surface area contributed by atoms with Crippen LogP contribution in [0.1, 0.15) is 44.9 Å². The van der Waals surface area contributed by atoms with Gasteiger partial charge in [0.15, 0.2) is 5.82 Å². The van der Waals surface area contributed by atoms with Gasteiger partial charge in [0.25, 0.3) is 0 Å². The molecule has 0 aliphatic carbocycles. The Morgan fingerprint density at radius 2 is 1.82 bits per heavy atom. The van der Waals surface area contributed by atoms with E-state index in [1.54, 1.807) is 4.90 Å². The summed E-state index contributed by atoms with van der Waals surface area (Å²) in [6.45, 7) is 12.6. The second-order valence-corrected chi connectivity index (χ2v) is 9.57. The summed E-state index contributed by atoms with van der Waals surface area (Å²) in [7, 11) is 0. The van der Waals surface area contributed by atoms with Crippen molar-refractivity contribution in [2.45, 2.75) is 46.3 Å². The monoisotopic (exact) mass is 448 g/mol. The SMILES string of the molecule is Cc1cccc([C@@H](C)Nc2nnnc3ccc(N4CCN(C(=O)OC(C)(C)C)CC4)cc23)c1. The quantitative estimate of drug-likeness (QED) is 0.626. The fourth-order valence-corrected chi connectivity index (χ4v) is 3.97. The fourth-order valence-electron chi connectivity index (χ4n) is 3.97. The van der Waals surface area contributed by atoms with Crippen LogP contribution in [0.5, 0.6) is 0 Å². The molecule has 1 aliphatic rings. The van der Waals surface area contributed by atoms with Crippen molar-refractivity contribution in [1.29, 1.82) is 0 Å². The van der Waals surface area contributed by atoms with E-state index >= 15 is 0 Å². The van der Waals surface area contributed by atoms with Crippen LogP contribution in [0, 0.1) is 6.92 Å². The highest BCUT2D eigenvalue weighted by Gasteiger charge is 2.26. The summed E-state index contributed by atoms with van der Waals surface area (Å²) in [6, 6.07) is 14.6. The van der Waals surface area contributed by atoms with E-state index in [1.807, 2.05) is 32.9 Å². The molecule has 1 N–H and O–H groups in total. The molecule has 3 aromatic rings. The Labute approximate surface area is 194 Å². The number of amides is 1. The van der Waals surface area contributed by atoms with Gasteiger partial charge in [0.05, 0.1) is 11.6 Å². The highest BCUT2D eigenvalue weighted by Crippen LogP contribution is 2.28. The van der Waals surface area contributed by atoms with E-state index in [1.165, 1.54) is 11.1 Å². The number of anilines is 2. The van der Waals surface area contributed by atoms with Crippen LogP contribution in [0.25, 0.3) is 10.9 Å². The number of fused-ring (bicyclic) bond motifs is 1. The first-order valence-electron chi connectivity index (χ1n) is 11.4. The summed E-state index contributed by atoms with van der Waals surface area (Å²) >= 11 is 0. The lowest BCUT2D eigenvalue weighted by Gasteiger charge is -2.36. The molecule has 0 spiro atoms. The number of nitrogens with one attached hydrogen (secondary N) is 1. The second kappa shape index (κ2) is 9.21. The minimum absolute atomic E-state index is 0.0748. The van der Waals surface area contributed by atoms with Gasteiger partial charge in [-0.15, -0.1) is 10.2 Å². The van der Waals surface area contributed by atoms with Crippen molar-refractivity contribution < 1.29 is 9.53 Å². The molecule has 2 aromatic carbocycles. The molecule has 8 heteroatoms. The predicted molar refractivity (Wildman–Crippen MR) is 131 cm³/mol. The standard InChI is InChI=1S/C25H32N6O2/c1-17-7-6-8-19(15-17)18(2)26-23-21-16-20(9-10-22(21)27-29-28-23)30-11-13-31(14-12-30)24(32)33-25(3,4)5/h6-10,15-16,18H,11-14H2,1-5H3,(H,26,27,28)/t18-/m1/s1. The van der Waals surface area contributed by atoms with Crippen LogP contribution in [-0.4, -0.2) is 58.2 Å². The van der Waals surface area contributed by atoms with E-state index in [-0.39, 0.29) is 12.1 Å². The minimum Gasteiger partial charge on any atom is -0.444 e. The number of piperazine rings is 1. The van der Waals surface area contributed by atoms with Gasteiger partial charge >= 0.3 is 6.09 Å². The van der Waals surface area contributed by atoms with Gasteiger partial charge in [-0.3, -0.25) is 0 Å². The number of carbonyl (C=O) groups excluding carboxylic acids is 1. The molecule has 1 aromatic heterocycles. The van der Waals surface area contributed by atoms with Gasteiger partial charge in [0.1, 0.15) is 5.60 Å². The van der Waals surface area contributed by atoms with E-state index in [2.05, 4.69) is 69.8 Å². The van der Waals surface area contributed by atoms with Crippen LogP contribution in [0.4, 0.5) is 16.3 Å². The van der Waals surface area contributed by atoms with E-state index in [4.69, 9.17) is 4.74 Å². The van der Waals surface area contributed by atoms with E-state index in [0.29, 0.717) is 18.9 Å². The molecule has 0 radical (unpaired) electrons. The third kappa shape index (κ3) is 5.50. The normalized spacial score (nSPS) is 15.4. The number of hydrogen-bond acceptors (Lipinski definition) is 7. The first-order chi connectivity index (χ1) is 15.7. The number of aryl methyl sites for hydroxylation is 1. The zero-order valence-corrected chi connectivity index (χ0v) is 20.0. The largest absolute Gasteiger partial charge is 0.444 e. The van der Waals surface area contributed by atoms with Crippen LogP contribution >= 0.6 is 0 Å². The highest BCUT2D eigenvalue weighted by molar-refractivity contribution is 5.91. The van der Waals surface area contributed by atoms with Crippen LogP contribution in [0.15, 0.2) is 42.5 Å². The molecule has 0 bridgehead atoms. The topological polar surface area (TPSA) is 83.5 Å². The van der Waals surface area contributed by atoms with Crippen molar-refractivity contribution in [3.05, 3.63) is 53.6 Å². The molecule has 1 atom stereocenters. The summed E-state index contributed by atoms with van der Waals surface area (Å²) < 4.78 is 5.51. The van der Waals surface area contributed by atoms with Crippen molar-refractivity contribution in [2.75, 3.05) is 36.4 Å². The smallest absolute Gasteiger partial charge is 0.410 e. The van der Waals surface area contributed by atoms with E-state index in [0.717, 1.165) is 29.7 Å². The minimum atomic E-state index is -0.487. The van der Waals surface area contributed by atoms with Crippen LogP contribution in [0.2, 0.25) is 0 Å². The van der Waals surface area contributed by atoms with E-state index in [9.17, 15) is 4.79 Å². The Balaban J connectivity index is 1.50. The van der Waals surface area contributed by atoms with Gasteiger partial charge in [0, 0.05) is 37.3 Å². The maximum atomic E-state index is 12.4. The molecule has 8 nitrogen and oxygen atoms in total. The molecule has 1 fully saturated rings. The molecule has 33 heavy (non-hydrogen) atoms. The average Bonchev–Trinajstić information content (AvgIpc) is 2.78. The Bertz CT molecular complexity index is 1140. The van der Waals surface area contributed by atoms with Crippen molar-refractivity contribution >= 4 is 28.5 Å². The molecule has 2 heterocycles. The molecular formula is C25H32N6O2. The Kier molecular flexibility index (Phi) is 6.35. The van der Waals surface area contributed by atoms with Gasteiger partial charge in [0.2, 0.25) is 0 Å². The number of nitrogens with zero attached hydrogens (tertiary/aromatic N) is 5. The summed E-state index contributed by atoms with van der Waals surface area (Å²) in [5.41, 5.74) is 3.79. The van der Waals surface area contributed by atoms with Crippen molar-refractivity contribution in [3.63, 3.8) is 0 Å². The number of carbonyl (C=O) groups is 1. The summed E-state index contributed by atoms with van der Waals surface area (Å²) in [5.74, 6) is 0.711. The zero-order chi connectivity index (χ0) is 23.6. The highest BCUT2D eigenvalue weighted by atomic mass is 16.6. The lowest BCUT2D eigenvalue weighted by atomic mass is 10.1. The van der Waals surface area contributed by atoms with Crippen LogP contribution < -0.4 is 10.2 Å². The maximum absolute atomic E-state index is 12.4. The van der Waals surface area contributed by atoms with Gasteiger partial charge in [-0.05, 0) is 63.6 Å². The number of hydrogen-bond donors (Lipinski definition) is 1. The van der Waals surface area contributed by atoms with Gasteiger partial charge in [-0.25, -0.2) is 4.79 Å². The van der Waals surface area contributed by atoms with Crippen molar-refractivity contribution in [1.82, 2.24) is 20.3 Å². The molecule has 0 saturated carbocycles. The molecule has 1 saturated heterocycles. The van der Waals surface area contributed by atoms with E-state index < -0.39 is 5.60 Å². The molecular weight excluding hydrogens is 416 g/mol. The molecule has 174 valence electrons. The maximum Gasteiger partial charge on any atom is 0.410 e. The Morgan fingerprint density at radius 3 is 2.52 bits per heavy atom. The first kappa shape index (κ1) is 22.8. The third-order valence-electron chi connectivity index (χ3n) is 5.72. The summed E-state index contributed by atoms with van der Waals surface area (Å²) in [4.78, 5) is 16.4. The predicted octanol–water partition coefficient (Wildman–Crippen LogP) is 4.56. The lowest BCUT2D eigenvalue weighted by molar-refractivity contribution is 0.0240. The Hall–Kier alpha value is -3.42. The average molecular weight is 449 g/mol. The number of rotatable bonds is 4. The second-order valence-electron chi connectivity index (χ2n) is 9.57. The number of ether oxygens (including phenoxy) is 1. The number of benzene rings is 2. The Morgan fingerprint density at radius 1 is 1.06 bits per heavy atom. The number of aromatic nitrogens is 3. The van der Waals surface area contributed by atoms with Crippen LogP contribution in [0.3, 0.4) is 0 Å². The zero-order valence-electron chi connectivity index (χ0n) is 20.0. The fraction of sp³-hybridized carbons (Fsp3) is 0.440. The third-order valence-corrected chi connectivity index (χ3v) is 5.72. The van der Waals surface area contributed by atoms with Gasteiger partial charge in [-0.2, -0.15) is 0 Å². The lowest BCUT2D eigenvalue weighted by Crippen LogP contribution is -2.50. The molecule has 0 unspecified atom stereocenters. The first-order valence-corrected chi connectivity index (χ1v) is 11.4. The molecule has 1 aliphatic heterocycles. The summed E-state index contributed by atoms with van der Waals surface area (Å²) in [6.07, 6.45) is -0.253. The summed E-state index contributed by atoms with van der Waals surface area (Å²) in [5, 5.41) is 16.9. The van der Waals surface area contributed by atoms with Crippen LogP contribution in [-0.2, 0) is 4.74 Å². The van der Waals surface area contributed by atoms with Gasteiger partial charge in [-0.1, -0.05) is 29.8 Å². The van der Waals surface area contributed by atoms with Crippen molar-refractivity contribution in [3.8, 4) is 0 Å². The molecule has 4 rings (SSSR count). The molecule has 1 amide bonds.